The lowest BCUT2D eigenvalue weighted by atomic mass is 10.00. The lowest BCUT2D eigenvalue weighted by Crippen LogP contribution is -2.60. The van der Waals surface area contributed by atoms with Crippen LogP contribution in [0, 0.1) is 10.2 Å². The standard InChI is InChI=1S/C35H26ClNO4S/c38-36(39,40)41-42-34(28-13-5-1-6-14-28)25-30(26-35(42)29-15-7-2-8-16-29)27-21-23-33(24-22-27)37(31-17-9-3-10-18-31)32-19-11-4-12-20-32/h1-26H. The van der Waals surface area contributed by atoms with Gasteiger partial charge in [0.2, 0.25) is 0 Å². The first-order valence-electron chi connectivity index (χ1n) is 13.2. The highest BCUT2D eigenvalue weighted by molar-refractivity contribution is 8.20. The number of hydrogen-bond donors (Lipinski definition) is 0. The van der Waals surface area contributed by atoms with E-state index in [1.807, 2.05) is 109 Å². The first-order chi connectivity index (χ1) is 20.5. The van der Waals surface area contributed by atoms with Crippen LogP contribution >= 0.6 is 10.8 Å². The zero-order chi connectivity index (χ0) is 28.9. The van der Waals surface area contributed by atoms with Gasteiger partial charge in [0.05, 0.1) is 20.0 Å². The van der Waals surface area contributed by atoms with E-state index in [0.29, 0.717) is 9.77 Å². The third kappa shape index (κ3) is 6.30. The SMILES string of the molecule is [O-][Cl+3]([O-])([O-])OS1=C(c2ccccc2)C=C(c2ccc(N(c3ccccc3)c3ccccc3)cc2)C=C1c1ccccc1. The molecule has 1 aliphatic rings. The van der Waals surface area contributed by atoms with E-state index in [1.54, 1.807) is 0 Å². The van der Waals surface area contributed by atoms with E-state index in [4.69, 9.17) is 3.74 Å². The van der Waals surface area contributed by atoms with Gasteiger partial charge in [0.1, 0.15) is 14.5 Å². The normalized spacial score (nSPS) is 15.1. The van der Waals surface area contributed by atoms with Gasteiger partial charge in [0.15, 0.2) is 0 Å². The van der Waals surface area contributed by atoms with Gasteiger partial charge < -0.3 is 4.90 Å². The van der Waals surface area contributed by atoms with Gasteiger partial charge in [-0.25, -0.2) is 0 Å². The lowest BCUT2D eigenvalue weighted by Gasteiger charge is -2.26. The third-order valence-corrected chi connectivity index (χ3v) is 9.34. The van der Waals surface area contributed by atoms with Crippen LogP contribution in [0.4, 0.5) is 17.1 Å². The average molecular weight is 592 g/mol. The maximum Gasteiger partial charge on any atom is 0.148 e. The Hall–Kier alpha value is -4.27. The van der Waals surface area contributed by atoms with Gasteiger partial charge in [-0.05, 0) is 70.8 Å². The molecule has 0 bridgehead atoms. The highest BCUT2D eigenvalue weighted by Crippen LogP contribution is 2.45. The minimum atomic E-state index is -4.68. The molecule has 1 unspecified atom stereocenters. The fraction of sp³-hybridized carbons (Fsp3) is 0. The maximum atomic E-state index is 11.9. The Morgan fingerprint density at radius 1 is 0.476 bits per heavy atom. The number of hydrogen-bond acceptors (Lipinski definition) is 5. The van der Waals surface area contributed by atoms with E-state index >= 15 is 0 Å². The Morgan fingerprint density at radius 3 is 1.43 bits per heavy atom. The van der Waals surface area contributed by atoms with E-state index in [2.05, 4.69) is 53.4 Å². The molecular formula is C35H26ClNO4S. The Labute approximate surface area is 249 Å². The second kappa shape index (κ2) is 12.3. The molecule has 0 spiro atoms. The highest BCUT2D eigenvalue weighted by atomic mass is 35.7. The summed E-state index contributed by atoms with van der Waals surface area (Å²) in [5.41, 5.74) is 6.43. The zero-order valence-corrected chi connectivity index (χ0v) is 23.9. The Morgan fingerprint density at radius 2 is 0.929 bits per heavy atom. The molecule has 0 radical (unpaired) electrons. The van der Waals surface area contributed by atoms with Gasteiger partial charge in [-0.3, -0.25) is 0 Å². The summed E-state index contributed by atoms with van der Waals surface area (Å²) in [5, 5.41) is 0. The molecule has 1 aliphatic heterocycles. The van der Waals surface area contributed by atoms with Crippen LogP contribution in [0.25, 0.3) is 10.5 Å². The van der Waals surface area contributed by atoms with Gasteiger partial charge in [-0.1, -0.05) is 109 Å². The first-order valence-corrected chi connectivity index (χ1v) is 15.6. The van der Waals surface area contributed by atoms with E-state index in [1.165, 1.54) is 0 Å². The second-order valence-corrected chi connectivity index (χ2v) is 12.1. The number of nitrogens with zero attached hydrogens (tertiary/aromatic N) is 1. The summed E-state index contributed by atoms with van der Waals surface area (Å²) in [6, 6.07) is 47.4. The van der Waals surface area contributed by atoms with E-state index < -0.39 is 21.0 Å². The maximum absolute atomic E-state index is 11.9. The topological polar surface area (TPSA) is 81.6 Å². The van der Waals surface area contributed by atoms with E-state index in [9.17, 15) is 14.0 Å². The van der Waals surface area contributed by atoms with Crippen molar-refractivity contribution >= 4 is 43.2 Å². The van der Waals surface area contributed by atoms with Crippen LogP contribution in [-0.4, -0.2) is 4.86 Å². The molecule has 0 amide bonds. The Bertz CT molecular complexity index is 1710. The largest absolute Gasteiger partial charge is 0.311 e. The number of benzene rings is 5. The molecular weight excluding hydrogens is 566 g/mol. The first kappa shape index (κ1) is 27.9. The Kier molecular flexibility index (Phi) is 8.17. The summed E-state index contributed by atoms with van der Waals surface area (Å²) in [6.07, 6.45) is 3.82. The number of para-hydroxylation sites is 2. The molecule has 42 heavy (non-hydrogen) atoms. The summed E-state index contributed by atoms with van der Waals surface area (Å²) in [5.74, 6) is 0. The molecule has 0 fully saturated rings. The Balaban J connectivity index is 1.47. The zero-order valence-electron chi connectivity index (χ0n) is 22.4. The molecule has 6 rings (SSSR count). The molecule has 0 aliphatic carbocycles. The molecule has 1 atom stereocenters. The van der Waals surface area contributed by atoms with Gasteiger partial charge >= 0.3 is 0 Å². The van der Waals surface area contributed by atoms with Crippen LogP contribution in [-0.2, 0) is 3.74 Å². The van der Waals surface area contributed by atoms with Crippen LogP contribution in [0.15, 0.2) is 158 Å². The van der Waals surface area contributed by atoms with Crippen LogP contribution in [0.5, 0.6) is 0 Å². The summed E-state index contributed by atoms with van der Waals surface area (Å²) in [7, 11) is -6.14. The van der Waals surface area contributed by atoms with Crippen molar-refractivity contribution in [2.75, 3.05) is 4.90 Å². The second-order valence-electron chi connectivity index (χ2n) is 9.47. The van der Waals surface area contributed by atoms with Crippen molar-refractivity contribution < 1.29 is 28.0 Å². The number of allylic oxidation sites excluding steroid dienone is 3. The number of rotatable bonds is 8. The molecule has 5 aromatic rings. The number of anilines is 3. The van der Waals surface area contributed by atoms with Crippen molar-refractivity contribution in [2.24, 2.45) is 0 Å². The fourth-order valence-corrected chi connectivity index (χ4v) is 7.42. The van der Waals surface area contributed by atoms with Gasteiger partial charge in [-0.15, -0.1) is 0 Å². The molecule has 5 nitrogen and oxygen atoms in total. The highest BCUT2D eigenvalue weighted by Gasteiger charge is 2.31. The fourth-order valence-electron chi connectivity index (χ4n) is 4.85. The predicted octanol–water partition coefficient (Wildman–Crippen LogP) is 5.91. The van der Waals surface area contributed by atoms with Crippen molar-refractivity contribution in [1.29, 1.82) is 0 Å². The number of halogens is 1. The van der Waals surface area contributed by atoms with Crippen molar-refractivity contribution in [3.63, 3.8) is 0 Å². The van der Waals surface area contributed by atoms with E-state index in [0.717, 1.165) is 39.3 Å². The summed E-state index contributed by atoms with van der Waals surface area (Å²) < 4.78 is 40.8. The monoisotopic (exact) mass is 591 g/mol. The van der Waals surface area contributed by atoms with Gasteiger partial charge in [0, 0.05) is 17.1 Å². The molecule has 5 aromatic carbocycles. The quantitative estimate of drug-likeness (QED) is 0.209. The molecule has 0 aromatic heterocycles. The van der Waals surface area contributed by atoms with Crippen LogP contribution in [0.1, 0.15) is 16.7 Å². The molecule has 1 heterocycles. The lowest BCUT2D eigenvalue weighted by molar-refractivity contribution is -1.91. The minimum Gasteiger partial charge on any atom is -0.311 e. The summed E-state index contributed by atoms with van der Waals surface area (Å²) in [6.45, 7) is 0. The van der Waals surface area contributed by atoms with Crippen molar-refractivity contribution in [1.82, 2.24) is 0 Å². The predicted molar refractivity (Wildman–Crippen MR) is 163 cm³/mol. The van der Waals surface area contributed by atoms with Crippen molar-refractivity contribution in [3.8, 4) is 0 Å². The van der Waals surface area contributed by atoms with Crippen LogP contribution in [0.2, 0.25) is 0 Å². The molecule has 0 N–H and O–H groups in total. The van der Waals surface area contributed by atoms with Crippen LogP contribution < -0.4 is 18.9 Å². The summed E-state index contributed by atoms with van der Waals surface area (Å²) in [4.78, 5) is 3.41. The molecule has 0 saturated heterocycles. The molecule has 7 heteroatoms. The summed E-state index contributed by atoms with van der Waals surface area (Å²) >= 11 is 0. The van der Waals surface area contributed by atoms with Gasteiger partial charge in [-0.2, -0.15) is 14.0 Å². The molecule has 0 saturated carbocycles. The van der Waals surface area contributed by atoms with Crippen molar-refractivity contribution in [2.45, 2.75) is 0 Å². The minimum absolute atomic E-state index is 0.609. The third-order valence-electron chi connectivity index (χ3n) is 6.72. The molecule has 208 valence electrons. The van der Waals surface area contributed by atoms with Crippen molar-refractivity contribution in [3.05, 3.63) is 174 Å². The average Bonchev–Trinajstić information content (AvgIpc) is 3.03. The van der Waals surface area contributed by atoms with Gasteiger partial charge in [0.25, 0.3) is 0 Å². The smallest absolute Gasteiger partial charge is 0.148 e. The van der Waals surface area contributed by atoms with E-state index in [-0.39, 0.29) is 0 Å². The van der Waals surface area contributed by atoms with Crippen LogP contribution in [0.3, 0.4) is 0 Å².